The molecule has 3 aromatic rings. The van der Waals surface area contributed by atoms with Gasteiger partial charge in [-0.3, -0.25) is 0 Å². The first kappa shape index (κ1) is 28.7. The Morgan fingerprint density at radius 3 is 0.903 bits per heavy atom. The van der Waals surface area contributed by atoms with Gasteiger partial charge in [-0.1, -0.05) is 17.1 Å². The third-order valence-corrected chi connectivity index (χ3v) is 3.58. The predicted octanol–water partition coefficient (Wildman–Crippen LogP) is 2.57. The van der Waals surface area contributed by atoms with Gasteiger partial charge < -0.3 is 33.2 Å². The molecular weight excluding hydrogens is 420 g/mol. The van der Waals surface area contributed by atoms with Crippen LogP contribution >= 0.6 is 0 Å². The van der Waals surface area contributed by atoms with Crippen LogP contribution in [0.4, 0.5) is 17.1 Å². The summed E-state index contributed by atoms with van der Waals surface area (Å²) in [5.74, 6) is 0. The van der Waals surface area contributed by atoms with E-state index in [-0.39, 0.29) is 21.7 Å². The number of rotatable bonds is 9. The van der Waals surface area contributed by atoms with E-state index in [2.05, 4.69) is 34.1 Å². The average Bonchev–Trinajstić information content (AvgIpc) is 2.83. The van der Waals surface area contributed by atoms with Crippen molar-refractivity contribution in [3.05, 3.63) is 91.0 Å². The van der Waals surface area contributed by atoms with Gasteiger partial charge in [-0.2, -0.15) is 54.6 Å². The molecule has 0 aromatic heterocycles. The number of hydrogen-bond acceptors (Lipinski definition) is 6. The summed E-state index contributed by atoms with van der Waals surface area (Å²) in [5, 5.41) is 9.45. The summed E-state index contributed by atoms with van der Waals surface area (Å²) in [6, 6.07) is 31.9. The van der Waals surface area contributed by atoms with E-state index in [1.54, 1.807) is 0 Å². The second-order valence-corrected chi connectivity index (χ2v) is 6.01. The van der Waals surface area contributed by atoms with Gasteiger partial charge in [0.1, 0.15) is 0 Å². The van der Waals surface area contributed by atoms with Crippen LogP contribution in [0.1, 0.15) is 0 Å². The number of nitrogens with one attached hydrogen (secondary N) is 3. The quantitative estimate of drug-likeness (QED) is 0.219. The second-order valence-electron chi connectivity index (χ2n) is 6.01. The first-order valence-electron chi connectivity index (χ1n) is 10.00. The van der Waals surface area contributed by atoms with Crippen LogP contribution < -0.4 is 33.2 Å². The van der Waals surface area contributed by atoms with E-state index >= 15 is 0 Å². The summed E-state index contributed by atoms with van der Waals surface area (Å²) in [4.78, 5) is 0. The molecule has 0 atom stereocenters. The van der Waals surface area contributed by atoms with Crippen LogP contribution in [0.5, 0.6) is 0 Å². The van der Waals surface area contributed by atoms with E-state index in [1.165, 1.54) is 0 Å². The van der Waals surface area contributed by atoms with Crippen LogP contribution in [0.2, 0.25) is 0 Å². The number of anilines is 3. The van der Waals surface area contributed by atoms with Crippen LogP contribution in [-0.4, -0.2) is 39.3 Å². The van der Waals surface area contributed by atoms with Crippen LogP contribution in [-0.2, 0) is 21.7 Å². The average molecular weight is 453 g/mol. The van der Waals surface area contributed by atoms with Crippen LogP contribution in [0.25, 0.3) is 0 Å². The van der Waals surface area contributed by atoms with Crippen molar-refractivity contribution in [3.63, 3.8) is 0 Å². The smallest absolute Gasteiger partial charge is 0.405 e. The van der Waals surface area contributed by atoms with Crippen molar-refractivity contribution in [1.82, 2.24) is 0 Å². The molecule has 31 heavy (non-hydrogen) atoms. The fourth-order valence-electron chi connectivity index (χ4n) is 2.16. The van der Waals surface area contributed by atoms with Gasteiger partial charge in [-0.25, -0.2) is 0 Å². The van der Waals surface area contributed by atoms with Crippen molar-refractivity contribution in [2.45, 2.75) is 0 Å². The zero-order valence-corrected chi connectivity index (χ0v) is 19.5. The molecule has 0 aliphatic heterocycles. The summed E-state index contributed by atoms with van der Waals surface area (Å²) in [6.45, 7) is 4.47. The Hall–Kier alpha value is -2.35. The van der Waals surface area contributed by atoms with E-state index in [9.17, 15) is 0 Å². The Bertz CT molecular complexity index is 625. The molecule has 0 saturated heterocycles. The van der Waals surface area contributed by atoms with Crippen LogP contribution in [0, 0.1) is 18.2 Å². The molecule has 3 aromatic carbocycles. The standard InChI is InChI=1S/3C8H11N2.Ti/c3*9-6-7-10-8-4-2-1-3-5-8;/h3*2-5,10H,6-7,9H2;/q3*-1;+3. The number of benzene rings is 3. The van der Waals surface area contributed by atoms with Crippen molar-refractivity contribution in [1.29, 1.82) is 0 Å². The maximum absolute atomic E-state index is 5.31. The van der Waals surface area contributed by atoms with Gasteiger partial charge in [0.15, 0.2) is 0 Å². The topological polar surface area (TPSA) is 114 Å². The molecule has 163 valence electrons. The van der Waals surface area contributed by atoms with E-state index in [4.69, 9.17) is 17.2 Å². The second kappa shape index (κ2) is 20.9. The van der Waals surface area contributed by atoms with E-state index in [0.717, 1.165) is 36.7 Å². The molecule has 0 aliphatic carbocycles. The van der Waals surface area contributed by atoms with Gasteiger partial charge in [0.2, 0.25) is 0 Å². The largest absolute Gasteiger partial charge is 3.00 e. The van der Waals surface area contributed by atoms with E-state index in [0.29, 0.717) is 19.6 Å². The van der Waals surface area contributed by atoms with Gasteiger partial charge in [0.05, 0.1) is 0 Å². The van der Waals surface area contributed by atoms with Gasteiger partial charge in [-0.15, -0.1) is 36.4 Å². The summed E-state index contributed by atoms with van der Waals surface area (Å²) < 4.78 is 0. The SMILES string of the molecule is NCCNc1cc[c-]cc1.NCCNc1cc[c-]cc1.NCCNc1cc[c-]cc1.[Ti+3]. The number of hydrogen-bond donors (Lipinski definition) is 6. The molecule has 0 saturated carbocycles. The van der Waals surface area contributed by atoms with Crippen LogP contribution in [0.3, 0.4) is 0 Å². The van der Waals surface area contributed by atoms with Crippen LogP contribution in [0.15, 0.2) is 72.8 Å². The Kier molecular flexibility index (Phi) is 19.3. The zero-order chi connectivity index (χ0) is 21.7. The molecule has 3 rings (SSSR count). The molecule has 0 unspecified atom stereocenters. The van der Waals surface area contributed by atoms with Crippen molar-refractivity contribution >= 4 is 17.1 Å². The molecule has 0 heterocycles. The Morgan fingerprint density at radius 1 is 0.484 bits per heavy atom. The van der Waals surface area contributed by atoms with Crippen molar-refractivity contribution in [2.24, 2.45) is 17.2 Å². The van der Waals surface area contributed by atoms with Crippen molar-refractivity contribution in [2.75, 3.05) is 55.2 Å². The van der Waals surface area contributed by atoms with Gasteiger partial charge in [0, 0.05) is 39.3 Å². The minimum atomic E-state index is 0. The van der Waals surface area contributed by atoms with E-state index < -0.39 is 0 Å². The van der Waals surface area contributed by atoms with Crippen molar-refractivity contribution < 1.29 is 21.7 Å². The Morgan fingerprint density at radius 2 is 0.710 bits per heavy atom. The summed E-state index contributed by atoms with van der Waals surface area (Å²) >= 11 is 0. The van der Waals surface area contributed by atoms with Gasteiger partial charge in [-0.05, 0) is 0 Å². The predicted molar refractivity (Wildman–Crippen MR) is 128 cm³/mol. The molecule has 0 spiro atoms. The molecule has 6 nitrogen and oxygen atoms in total. The van der Waals surface area contributed by atoms with Gasteiger partial charge >= 0.3 is 21.7 Å². The summed E-state index contributed by atoms with van der Waals surface area (Å²) in [6.07, 6.45) is 0. The summed E-state index contributed by atoms with van der Waals surface area (Å²) in [7, 11) is 0. The normalized spacial score (nSPS) is 9.00. The molecule has 0 aliphatic rings. The zero-order valence-electron chi connectivity index (χ0n) is 17.9. The van der Waals surface area contributed by atoms with Crippen molar-refractivity contribution in [3.8, 4) is 0 Å². The minimum absolute atomic E-state index is 0. The fraction of sp³-hybridized carbons (Fsp3) is 0.250. The maximum atomic E-state index is 5.31. The summed E-state index contributed by atoms with van der Waals surface area (Å²) in [5.41, 5.74) is 19.2. The first-order valence-corrected chi connectivity index (χ1v) is 10.00. The molecule has 0 fully saturated rings. The third-order valence-electron chi connectivity index (χ3n) is 3.58. The Labute approximate surface area is 201 Å². The number of nitrogens with two attached hydrogens (primary N) is 3. The molecule has 1 radical (unpaired) electrons. The first-order chi connectivity index (χ1) is 14.8. The molecule has 7 heteroatoms. The maximum Gasteiger partial charge on any atom is 3.00 e. The monoisotopic (exact) mass is 453 g/mol. The van der Waals surface area contributed by atoms with Gasteiger partial charge in [0.25, 0.3) is 0 Å². The third kappa shape index (κ3) is 16.1. The Balaban J connectivity index is 0.000000429. The van der Waals surface area contributed by atoms with E-state index in [1.807, 2.05) is 72.8 Å². The molecule has 9 N–H and O–H groups in total. The molecule has 0 amide bonds. The minimum Gasteiger partial charge on any atom is -0.405 e. The molecule has 0 bridgehead atoms. The fourth-order valence-corrected chi connectivity index (χ4v) is 2.16. The molecular formula is C24H33N6Ti.